The average molecular weight is 276 g/mol. The second kappa shape index (κ2) is 5.89. The first-order valence-corrected chi connectivity index (χ1v) is 9.38. The molecule has 5 heteroatoms. The van der Waals surface area contributed by atoms with Crippen LogP contribution in [0.2, 0.25) is 19.6 Å². The molecular weight excluding hydrogens is 257 g/mol. The summed E-state index contributed by atoms with van der Waals surface area (Å²) in [6.45, 7) is 5.32. The fraction of sp³-hybridized carbons (Fsp3) is 0.538. The normalized spacial score (nSPS) is 14.6. The number of hydrogen-bond donors (Lipinski definition) is 0. The summed E-state index contributed by atoms with van der Waals surface area (Å²) in [5.74, 6) is 0. The maximum atomic E-state index is 12.9. The average Bonchev–Trinajstić information content (AvgIpc) is 2.22. The quantitative estimate of drug-likeness (QED) is 0.724. The molecule has 0 spiro atoms. The molecular formula is C13H19F3OSi. The first-order chi connectivity index (χ1) is 8.18. The molecule has 18 heavy (non-hydrogen) atoms. The SMILES string of the molecule is C[Si](C)(C)OC(CCc1ccccc1)C(F)(F)F. The van der Waals surface area contributed by atoms with Crippen molar-refractivity contribution in [2.24, 2.45) is 0 Å². The van der Waals surface area contributed by atoms with Crippen LogP contribution in [-0.4, -0.2) is 20.6 Å². The van der Waals surface area contributed by atoms with Gasteiger partial charge >= 0.3 is 6.18 Å². The predicted octanol–water partition coefficient (Wildman–Crippen LogP) is 4.40. The van der Waals surface area contributed by atoms with Gasteiger partial charge in [-0.25, -0.2) is 0 Å². The summed E-state index contributed by atoms with van der Waals surface area (Å²) >= 11 is 0. The van der Waals surface area contributed by atoms with Gasteiger partial charge in [0.15, 0.2) is 8.32 Å². The second-order valence-electron chi connectivity index (χ2n) is 5.28. The van der Waals surface area contributed by atoms with Gasteiger partial charge in [0.25, 0.3) is 0 Å². The molecule has 0 saturated carbocycles. The van der Waals surface area contributed by atoms with Gasteiger partial charge in [-0.05, 0) is 38.0 Å². The molecule has 1 nitrogen and oxygen atoms in total. The summed E-state index contributed by atoms with van der Waals surface area (Å²) in [6.07, 6.45) is -5.56. The van der Waals surface area contributed by atoms with E-state index in [0.717, 1.165) is 5.56 Å². The van der Waals surface area contributed by atoms with Crippen LogP contribution in [0, 0.1) is 0 Å². The zero-order valence-electron chi connectivity index (χ0n) is 10.9. The highest BCUT2D eigenvalue weighted by molar-refractivity contribution is 6.69. The van der Waals surface area contributed by atoms with Gasteiger partial charge in [-0.15, -0.1) is 0 Å². The number of hydrogen-bond acceptors (Lipinski definition) is 1. The van der Waals surface area contributed by atoms with Crippen LogP contribution in [0.1, 0.15) is 12.0 Å². The lowest BCUT2D eigenvalue weighted by atomic mass is 10.1. The van der Waals surface area contributed by atoms with Crippen molar-refractivity contribution in [3.63, 3.8) is 0 Å². The molecule has 0 radical (unpaired) electrons. The third-order valence-electron chi connectivity index (χ3n) is 2.40. The fourth-order valence-electron chi connectivity index (χ4n) is 1.66. The Labute approximate surface area is 107 Å². The molecule has 102 valence electrons. The van der Waals surface area contributed by atoms with Gasteiger partial charge in [0.2, 0.25) is 0 Å². The molecule has 0 aliphatic heterocycles. The molecule has 1 unspecified atom stereocenters. The maximum Gasteiger partial charge on any atom is 0.413 e. The molecule has 0 bridgehead atoms. The van der Waals surface area contributed by atoms with E-state index < -0.39 is 20.6 Å². The van der Waals surface area contributed by atoms with Crippen molar-refractivity contribution in [1.29, 1.82) is 0 Å². The lowest BCUT2D eigenvalue weighted by Crippen LogP contribution is -2.41. The Balaban J connectivity index is 2.63. The minimum Gasteiger partial charge on any atom is -0.406 e. The third-order valence-corrected chi connectivity index (χ3v) is 3.39. The summed E-state index contributed by atoms with van der Waals surface area (Å²) in [7, 11) is -2.19. The third kappa shape index (κ3) is 5.69. The van der Waals surface area contributed by atoms with E-state index >= 15 is 0 Å². The smallest absolute Gasteiger partial charge is 0.406 e. The molecule has 0 N–H and O–H groups in total. The molecule has 1 rings (SSSR count). The first-order valence-electron chi connectivity index (χ1n) is 5.97. The van der Waals surface area contributed by atoms with Crippen molar-refractivity contribution in [2.75, 3.05) is 0 Å². The second-order valence-corrected chi connectivity index (χ2v) is 9.75. The molecule has 1 atom stereocenters. The fourth-order valence-corrected chi connectivity index (χ4v) is 2.76. The Kier molecular flexibility index (Phi) is 4.98. The Morgan fingerprint density at radius 3 is 2.11 bits per heavy atom. The molecule has 0 fully saturated rings. The van der Waals surface area contributed by atoms with Crippen molar-refractivity contribution in [3.8, 4) is 0 Å². The van der Waals surface area contributed by atoms with E-state index in [1.54, 1.807) is 19.6 Å². The largest absolute Gasteiger partial charge is 0.413 e. The van der Waals surface area contributed by atoms with E-state index in [-0.39, 0.29) is 6.42 Å². The Morgan fingerprint density at radius 1 is 1.11 bits per heavy atom. The minimum absolute atomic E-state index is 0.0161. The number of alkyl halides is 3. The molecule has 0 amide bonds. The van der Waals surface area contributed by atoms with Gasteiger partial charge in [-0.3, -0.25) is 0 Å². The molecule has 0 aliphatic carbocycles. The van der Waals surface area contributed by atoms with Crippen LogP contribution in [0.4, 0.5) is 13.2 Å². The summed E-state index contributed by atoms with van der Waals surface area (Å²) in [5, 5.41) is 0. The van der Waals surface area contributed by atoms with Crippen LogP contribution in [0.3, 0.4) is 0 Å². The number of benzene rings is 1. The standard InChI is InChI=1S/C13H19F3OSi/c1-18(2,3)17-12(13(14,15)16)10-9-11-7-5-4-6-8-11/h4-8,12H,9-10H2,1-3H3. The maximum absolute atomic E-state index is 12.9. The van der Waals surface area contributed by atoms with E-state index in [1.165, 1.54) is 0 Å². The van der Waals surface area contributed by atoms with E-state index in [2.05, 4.69) is 0 Å². The monoisotopic (exact) mass is 276 g/mol. The topological polar surface area (TPSA) is 9.23 Å². The van der Waals surface area contributed by atoms with Crippen LogP contribution in [-0.2, 0) is 10.8 Å². The predicted molar refractivity (Wildman–Crippen MR) is 69.0 cm³/mol. The summed E-state index contributed by atoms with van der Waals surface area (Å²) in [4.78, 5) is 0. The van der Waals surface area contributed by atoms with Crippen LogP contribution < -0.4 is 0 Å². The van der Waals surface area contributed by atoms with Crippen molar-refractivity contribution >= 4 is 8.32 Å². The number of halogens is 3. The van der Waals surface area contributed by atoms with Gasteiger partial charge < -0.3 is 4.43 Å². The Hall–Kier alpha value is -0.813. The zero-order chi connectivity index (χ0) is 13.8. The minimum atomic E-state index is -4.28. The highest BCUT2D eigenvalue weighted by Crippen LogP contribution is 2.29. The Bertz CT molecular complexity index is 357. The number of rotatable bonds is 5. The lowest BCUT2D eigenvalue weighted by Gasteiger charge is -2.28. The van der Waals surface area contributed by atoms with Gasteiger partial charge in [0.05, 0.1) is 0 Å². The van der Waals surface area contributed by atoms with Crippen molar-refractivity contribution in [3.05, 3.63) is 35.9 Å². The van der Waals surface area contributed by atoms with E-state index in [4.69, 9.17) is 4.43 Å². The molecule has 0 aliphatic rings. The van der Waals surface area contributed by atoms with Gasteiger partial charge in [-0.1, -0.05) is 30.3 Å². The molecule has 0 heterocycles. The molecule has 0 saturated heterocycles. The highest BCUT2D eigenvalue weighted by Gasteiger charge is 2.42. The summed E-state index contributed by atoms with van der Waals surface area (Å²) < 4.78 is 43.8. The van der Waals surface area contributed by atoms with E-state index in [1.807, 2.05) is 30.3 Å². The van der Waals surface area contributed by atoms with Gasteiger partial charge in [0.1, 0.15) is 6.10 Å². The van der Waals surface area contributed by atoms with Gasteiger partial charge in [-0.2, -0.15) is 13.2 Å². The van der Waals surface area contributed by atoms with Crippen LogP contribution in [0.15, 0.2) is 30.3 Å². The van der Waals surface area contributed by atoms with Crippen LogP contribution in [0.5, 0.6) is 0 Å². The summed E-state index contributed by atoms with van der Waals surface area (Å²) in [6, 6.07) is 9.18. The molecule has 1 aromatic carbocycles. The first kappa shape index (κ1) is 15.2. The molecule has 1 aromatic rings. The Morgan fingerprint density at radius 2 is 1.67 bits per heavy atom. The number of aryl methyl sites for hydroxylation is 1. The highest BCUT2D eigenvalue weighted by atomic mass is 28.4. The molecule has 0 aromatic heterocycles. The zero-order valence-corrected chi connectivity index (χ0v) is 11.9. The van der Waals surface area contributed by atoms with Crippen molar-refractivity contribution in [1.82, 2.24) is 0 Å². The van der Waals surface area contributed by atoms with Crippen LogP contribution >= 0.6 is 0 Å². The van der Waals surface area contributed by atoms with Crippen molar-refractivity contribution in [2.45, 2.75) is 44.8 Å². The van der Waals surface area contributed by atoms with Crippen LogP contribution in [0.25, 0.3) is 0 Å². The summed E-state index contributed by atoms with van der Waals surface area (Å²) in [5.41, 5.74) is 0.908. The lowest BCUT2D eigenvalue weighted by molar-refractivity contribution is -0.199. The van der Waals surface area contributed by atoms with Crippen molar-refractivity contribution < 1.29 is 17.6 Å². The van der Waals surface area contributed by atoms with Gasteiger partial charge in [0, 0.05) is 0 Å². The van der Waals surface area contributed by atoms with E-state index in [0.29, 0.717) is 6.42 Å². The van der Waals surface area contributed by atoms with E-state index in [9.17, 15) is 13.2 Å².